The minimum Gasteiger partial charge on any atom is -0.480 e. The van der Waals surface area contributed by atoms with Crippen molar-refractivity contribution in [2.45, 2.75) is 37.4 Å². The first kappa shape index (κ1) is 39.4. The van der Waals surface area contributed by atoms with Gasteiger partial charge in [-0.15, -0.1) is 24.8 Å². The lowest BCUT2D eigenvalue weighted by atomic mass is 10.2. The molecule has 14 heteroatoms. The van der Waals surface area contributed by atoms with Gasteiger partial charge in [0.15, 0.2) is 0 Å². The fraction of sp³-hybridized carbons (Fsp3) is 0.800. The van der Waals surface area contributed by atoms with Gasteiger partial charge in [0, 0.05) is 0 Å². The van der Waals surface area contributed by atoms with Crippen molar-refractivity contribution in [3.05, 3.63) is 0 Å². The number of carbonyl (C=O) groups is 3. The number of nitrogens with two attached hydrogens (primary N) is 3. The first-order valence-electron chi connectivity index (χ1n) is 7.96. The van der Waals surface area contributed by atoms with E-state index in [9.17, 15) is 14.4 Å². The average molecular weight is 521 g/mol. The molecule has 0 heterocycles. The van der Waals surface area contributed by atoms with E-state index in [1.165, 1.54) is 0 Å². The van der Waals surface area contributed by atoms with Crippen LogP contribution in [0.1, 0.15) is 19.3 Å². The van der Waals surface area contributed by atoms with Crippen LogP contribution in [-0.2, 0) is 14.4 Å². The van der Waals surface area contributed by atoms with Crippen molar-refractivity contribution in [1.29, 1.82) is 0 Å². The van der Waals surface area contributed by atoms with Crippen LogP contribution in [0.25, 0.3) is 0 Å². The lowest BCUT2D eigenvalue weighted by Gasteiger charge is -2.02. The molecule has 0 unspecified atom stereocenters. The normalized spacial score (nSPS) is 12.2. The zero-order chi connectivity index (χ0) is 21.8. The monoisotopic (exact) mass is 519 g/mol. The van der Waals surface area contributed by atoms with E-state index in [1.54, 1.807) is 35.3 Å². The van der Waals surface area contributed by atoms with Gasteiger partial charge in [-0.2, -0.15) is 35.3 Å². The molecule has 0 aromatic carbocycles. The molecule has 9 nitrogen and oxygen atoms in total. The number of hydrogen-bond acceptors (Lipinski definition) is 9. The van der Waals surface area contributed by atoms with E-state index < -0.39 is 36.0 Å². The van der Waals surface area contributed by atoms with E-state index in [0.717, 1.165) is 17.3 Å². The number of aliphatic carboxylic acids is 3. The van der Waals surface area contributed by atoms with Crippen molar-refractivity contribution < 1.29 is 29.7 Å². The summed E-state index contributed by atoms with van der Waals surface area (Å²) in [6.07, 6.45) is 7.43. The van der Waals surface area contributed by atoms with E-state index in [4.69, 9.17) is 32.5 Å². The Balaban J connectivity index is -0.0000000960. The van der Waals surface area contributed by atoms with Crippen LogP contribution in [0.2, 0.25) is 0 Å². The highest BCUT2D eigenvalue weighted by molar-refractivity contribution is 7.98. The van der Waals surface area contributed by atoms with Gasteiger partial charge in [-0.1, -0.05) is 0 Å². The van der Waals surface area contributed by atoms with Crippen LogP contribution in [0.5, 0.6) is 0 Å². The molecule has 0 aromatic heterocycles. The molecule has 0 radical (unpaired) electrons. The Kier molecular flexibility index (Phi) is 37.9. The minimum atomic E-state index is -0.913. The smallest absolute Gasteiger partial charge is 0.320 e. The zero-order valence-electron chi connectivity index (χ0n) is 16.8. The Morgan fingerprint density at radius 3 is 0.897 bits per heavy atom. The quantitative estimate of drug-likeness (QED) is 0.217. The summed E-state index contributed by atoms with van der Waals surface area (Å²) in [5.41, 5.74) is 15.6. The Morgan fingerprint density at radius 1 is 0.621 bits per heavy atom. The fourth-order valence-corrected chi connectivity index (χ4v) is 2.57. The lowest BCUT2D eigenvalue weighted by molar-refractivity contribution is -0.139. The highest BCUT2D eigenvalue weighted by Gasteiger charge is 2.10. The van der Waals surface area contributed by atoms with Crippen molar-refractivity contribution in [3.63, 3.8) is 0 Å². The third kappa shape index (κ3) is 32.8. The molecule has 0 spiro atoms. The van der Waals surface area contributed by atoms with E-state index in [2.05, 4.69) is 0 Å². The number of carboxylic acid groups (broad SMARTS) is 3. The third-order valence-electron chi connectivity index (χ3n) is 2.85. The van der Waals surface area contributed by atoms with Crippen LogP contribution in [-0.4, -0.2) is 87.4 Å². The summed E-state index contributed by atoms with van der Waals surface area (Å²) in [6, 6.07) is -2.05. The van der Waals surface area contributed by atoms with Crippen LogP contribution >= 0.6 is 60.1 Å². The van der Waals surface area contributed by atoms with Gasteiger partial charge in [0.25, 0.3) is 0 Å². The molecule has 0 fully saturated rings. The summed E-state index contributed by atoms with van der Waals surface area (Å²) >= 11 is 4.81. The van der Waals surface area contributed by atoms with Gasteiger partial charge >= 0.3 is 17.9 Å². The predicted molar refractivity (Wildman–Crippen MR) is 130 cm³/mol. The van der Waals surface area contributed by atoms with E-state index in [-0.39, 0.29) is 24.8 Å². The van der Waals surface area contributed by atoms with Crippen LogP contribution in [0.15, 0.2) is 0 Å². The Morgan fingerprint density at radius 2 is 0.793 bits per heavy atom. The molecule has 0 saturated carbocycles. The van der Waals surface area contributed by atoms with Gasteiger partial charge in [-0.05, 0) is 55.3 Å². The molecule has 0 aromatic rings. The van der Waals surface area contributed by atoms with Crippen LogP contribution in [0.4, 0.5) is 0 Å². The summed E-state index contributed by atoms with van der Waals surface area (Å²) in [7, 11) is 0. The van der Waals surface area contributed by atoms with Crippen molar-refractivity contribution in [3.8, 4) is 0 Å². The summed E-state index contributed by atoms with van der Waals surface area (Å²) < 4.78 is 0. The molecular weight excluding hydrogens is 485 g/mol. The average Bonchev–Trinajstić information content (AvgIpc) is 2.62. The standard InChI is InChI=1S/3C5H11NO2S.2ClH/c3*1-9-3-2-4(6)5(7)8;;/h3*4H,2-3,6H2,1H3,(H,7,8);2*1H/t3*4-;;/m000../s1. The highest BCUT2D eigenvalue weighted by Crippen LogP contribution is 1.99. The second kappa shape index (κ2) is 27.9. The number of carboxylic acids is 3. The molecule has 0 rings (SSSR count). The Hall–Kier alpha value is -0.0800. The SMILES string of the molecule is CSCC[C@H](N)C(=O)O.CSCC[C@H](N)C(=O)O.CSCC[C@H](N)C(=O)O.Cl.Cl. The number of rotatable bonds is 12. The molecule has 0 saturated heterocycles. The van der Waals surface area contributed by atoms with Crippen molar-refractivity contribution >= 4 is 78.0 Å². The van der Waals surface area contributed by atoms with Gasteiger partial charge in [0.2, 0.25) is 0 Å². The molecule has 3 atom stereocenters. The van der Waals surface area contributed by atoms with Crippen LogP contribution < -0.4 is 17.2 Å². The van der Waals surface area contributed by atoms with Crippen molar-refractivity contribution in [2.75, 3.05) is 36.0 Å². The minimum absolute atomic E-state index is 0. The van der Waals surface area contributed by atoms with E-state index in [1.807, 2.05) is 18.8 Å². The molecule has 29 heavy (non-hydrogen) atoms. The Bertz CT molecular complexity index is 358. The molecule has 0 aliphatic rings. The topological polar surface area (TPSA) is 190 Å². The molecule has 0 aliphatic carbocycles. The largest absolute Gasteiger partial charge is 0.480 e. The Labute approximate surface area is 197 Å². The zero-order valence-corrected chi connectivity index (χ0v) is 20.9. The second-order valence-electron chi connectivity index (χ2n) is 5.18. The van der Waals surface area contributed by atoms with Crippen molar-refractivity contribution in [1.82, 2.24) is 0 Å². The van der Waals surface area contributed by atoms with E-state index >= 15 is 0 Å². The fourth-order valence-electron chi connectivity index (χ4n) is 1.10. The van der Waals surface area contributed by atoms with Gasteiger partial charge < -0.3 is 32.5 Å². The molecule has 0 aliphatic heterocycles. The third-order valence-corrected chi connectivity index (χ3v) is 4.78. The van der Waals surface area contributed by atoms with Crippen LogP contribution in [0, 0.1) is 0 Å². The lowest BCUT2D eigenvalue weighted by Crippen LogP contribution is -2.30. The maximum Gasteiger partial charge on any atom is 0.320 e. The predicted octanol–water partition coefficient (Wildman–Crippen LogP) is 1.30. The van der Waals surface area contributed by atoms with Crippen molar-refractivity contribution in [2.24, 2.45) is 17.2 Å². The highest BCUT2D eigenvalue weighted by atomic mass is 35.5. The summed E-state index contributed by atoms with van der Waals surface area (Å²) in [5, 5.41) is 24.8. The summed E-state index contributed by atoms with van der Waals surface area (Å²) in [5.74, 6) is -0.300. The van der Waals surface area contributed by atoms with Gasteiger partial charge in [0.05, 0.1) is 0 Å². The molecule has 178 valence electrons. The molecule has 0 bridgehead atoms. The molecule has 9 N–H and O–H groups in total. The number of halogens is 2. The van der Waals surface area contributed by atoms with Gasteiger partial charge in [-0.3, -0.25) is 14.4 Å². The van der Waals surface area contributed by atoms with Crippen LogP contribution in [0.3, 0.4) is 0 Å². The number of hydrogen-bond donors (Lipinski definition) is 6. The summed E-state index contributed by atoms with van der Waals surface area (Å²) in [6.45, 7) is 0. The maximum absolute atomic E-state index is 10.1. The van der Waals surface area contributed by atoms with Gasteiger partial charge in [0.1, 0.15) is 18.1 Å². The maximum atomic E-state index is 10.1. The summed E-state index contributed by atoms with van der Waals surface area (Å²) in [4.78, 5) is 30.2. The molecular formula is C15H35Cl2N3O6S3. The second-order valence-corrected chi connectivity index (χ2v) is 8.14. The van der Waals surface area contributed by atoms with Gasteiger partial charge in [-0.25, -0.2) is 0 Å². The van der Waals surface area contributed by atoms with E-state index in [0.29, 0.717) is 19.3 Å². The molecule has 0 amide bonds. The first-order chi connectivity index (χ1) is 12.5. The first-order valence-corrected chi connectivity index (χ1v) is 12.1. The number of thioether (sulfide) groups is 3.